The van der Waals surface area contributed by atoms with Crippen LogP contribution in [-0.4, -0.2) is 59.2 Å². The molecular formula is C41H58N2O7. The molecule has 2 amide bonds. The lowest BCUT2D eigenvalue weighted by molar-refractivity contribution is -0.157. The van der Waals surface area contributed by atoms with Crippen molar-refractivity contribution in [1.29, 1.82) is 0 Å². The third kappa shape index (κ3) is 13.8. The first-order chi connectivity index (χ1) is 23.5. The van der Waals surface area contributed by atoms with Gasteiger partial charge in [-0.2, -0.15) is 0 Å². The Labute approximate surface area is 298 Å². The summed E-state index contributed by atoms with van der Waals surface area (Å²) in [6.07, 6.45) is 1.82. The Balaban J connectivity index is 1.83. The Morgan fingerprint density at radius 1 is 0.760 bits per heavy atom. The van der Waals surface area contributed by atoms with Gasteiger partial charge in [-0.3, -0.25) is 24.0 Å². The minimum Gasteiger partial charge on any atom is -0.460 e. The molecule has 0 aromatic heterocycles. The first-order valence-corrected chi connectivity index (χ1v) is 18.1. The maximum Gasteiger partial charge on any atom is 0.307 e. The van der Waals surface area contributed by atoms with Gasteiger partial charge in [0.25, 0.3) is 0 Å². The van der Waals surface area contributed by atoms with Gasteiger partial charge < -0.3 is 20.1 Å². The summed E-state index contributed by atoms with van der Waals surface area (Å²) in [5.74, 6) is -2.98. The molecule has 1 heterocycles. The van der Waals surface area contributed by atoms with Crippen LogP contribution in [0, 0.1) is 23.7 Å². The number of ketones is 2. The zero-order valence-corrected chi connectivity index (χ0v) is 31.3. The highest BCUT2D eigenvalue weighted by Gasteiger charge is 2.50. The van der Waals surface area contributed by atoms with Crippen LogP contribution in [0.1, 0.15) is 98.6 Å². The Morgan fingerprint density at radius 3 is 1.78 bits per heavy atom. The number of Topliss-reactive ketones (excluding diaryl/α,β-unsaturated/α-hetero) is 2. The summed E-state index contributed by atoms with van der Waals surface area (Å²) in [5, 5.41) is 5.95. The van der Waals surface area contributed by atoms with E-state index in [1.54, 1.807) is 27.7 Å². The number of ether oxygens (including phenoxy) is 2. The van der Waals surface area contributed by atoms with Gasteiger partial charge in [-0.1, -0.05) is 88.4 Å². The number of hydrogen-bond donors (Lipinski definition) is 2. The van der Waals surface area contributed by atoms with Gasteiger partial charge in [0, 0.05) is 18.3 Å². The van der Waals surface area contributed by atoms with E-state index in [4.69, 9.17) is 9.47 Å². The molecule has 1 fully saturated rings. The molecule has 1 aliphatic rings. The number of carbonyl (C=O) groups is 5. The second-order valence-corrected chi connectivity index (χ2v) is 15.8. The number of hydrogen-bond acceptors (Lipinski definition) is 7. The van der Waals surface area contributed by atoms with Crippen LogP contribution in [0.2, 0.25) is 0 Å². The molecule has 9 heteroatoms. The molecule has 0 unspecified atom stereocenters. The third-order valence-corrected chi connectivity index (χ3v) is 8.82. The van der Waals surface area contributed by atoms with Crippen LogP contribution >= 0.6 is 0 Å². The maximum atomic E-state index is 14.1. The Bertz CT molecular complexity index is 1430. The zero-order chi connectivity index (χ0) is 37.1. The lowest BCUT2D eigenvalue weighted by Gasteiger charge is -2.27. The summed E-state index contributed by atoms with van der Waals surface area (Å²) in [6, 6.07) is 17.6. The number of aryl methyl sites for hydroxylation is 1. The largest absolute Gasteiger partial charge is 0.460 e. The number of epoxide rings is 1. The van der Waals surface area contributed by atoms with Crippen LogP contribution < -0.4 is 10.6 Å². The number of esters is 1. The second-order valence-electron chi connectivity index (χ2n) is 15.8. The highest BCUT2D eigenvalue weighted by molar-refractivity contribution is 5.98. The SMILES string of the molecule is CC(C)C[C@H](NC(=O)[C@H](CCc1ccccc1)CC(=O)OC(C)(C)C)C(=O)C[C@@H](Cc1ccccc1)C(=O)N[C@@H](CC(C)C)C(=O)[C@]1(C)CO1. The quantitative estimate of drug-likeness (QED) is 0.125. The molecule has 3 rings (SSSR count). The molecule has 50 heavy (non-hydrogen) atoms. The van der Waals surface area contributed by atoms with Crippen molar-refractivity contribution in [3.05, 3.63) is 71.8 Å². The fraction of sp³-hybridized carbons (Fsp3) is 0.585. The van der Waals surface area contributed by atoms with Crippen molar-refractivity contribution in [3.8, 4) is 0 Å². The molecule has 0 saturated carbocycles. The molecule has 0 radical (unpaired) electrons. The van der Waals surface area contributed by atoms with Crippen molar-refractivity contribution >= 4 is 29.4 Å². The van der Waals surface area contributed by atoms with E-state index in [1.807, 2.05) is 88.4 Å². The van der Waals surface area contributed by atoms with Crippen LogP contribution in [0.4, 0.5) is 0 Å². The number of benzene rings is 2. The summed E-state index contributed by atoms with van der Waals surface area (Å²) in [5.41, 5.74) is 0.313. The van der Waals surface area contributed by atoms with E-state index in [9.17, 15) is 24.0 Å². The molecular weight excluding hydrogens is 632 g/mol. The molecule has 0 spiro atoms. The van der Waals surface area contributed by atoms with Crippen molar-refractivity contribution < 1.29 is 33.4 Å². The first-order valence-electron chi connectivity index (χ1n) is 18.1. The maximum absolute atomic E-state index is 14.1. The average Bonchev–Trinajstić information content (AvgIpc) is 3.79. The number of carbonyl (C=O) groups excluding carboxylic acids is 5. The summed E-state index contributed by atoms with van der Waals surface area (Å²) in [6.45, 7) is 15.3. The lowest BCUT2D eigenvalue weighted by Crippen LogP contribution is -2.50. The van der Waals surface area contributed by atoms with Gasteiger partial charge in [0.2, 0.25) is 11.8 Å². The van der Waals surface area contributed by atoms with E-state index in [0.717, 1.165) is 11.1 Å². The van der Waals surface area contributed by atoms with Crippen LogP contribution in [0.5, 0.6) is 0 Å². The Hall–Kier alpha value is -3.85. The van der Waals surface area contributed by atoms with Gasteiger partial charge >= 0.3 is 5.97 Å². The van der Waals surface area contributed by atoms with Crippen LogP contribution in [0.25, 0.3) is 0 Å². The van der Waals surface area contributed by atoms with E-state index in [0.29, 0.717) is 32.3 Å². The standard InChI is InChI=1S/C41H58N2O7/c1-27(2)21-33(42-38(47)31(25-36(45)50-40(5,6)7)20-19-29-15-11-9-12-16-29)35(44)24-32(23-30-17-13-10-14-18-30)39(48)43-34(22-28(3)4)37(46)41(8)26-49-41/h9-18,27-28,31-34H,19-26H2,1-8H3,(H,42,47)(H,43,48)/t31-,32-,33+,34+,41+/m1/s1. The monoisotopic (exact) mass is 690 g/mol. The van der Waals surface area contributed by atoms with Crippen molar-refractivity contribution in [2.24, 2.45) is 23.7 Å². The van der Waals surface area contributed by atoms with E-state index in [2.05, 4.69) is 10.6 Å². The predicted octanol–water partition coefficient (Wildman–Crippen LogP) is 6.21. The minimum atomic E-state index is -0.902. The zero-order valence-electron chi connectivity index (χ0n) is 31.3. The van der Waals surface area contributed by atoms with Gasteiger partial charge in [0.1, 0.15) is 11.2 Å². The van der Waals surface area contributed by atoms with Gasteiger partial charge in [-0.15, -0.1) is 0 Å². The van der Waals surface area contributed by atoms with Gasteiger partial charge in [0.05, 0.1) is 25.1 Å². The second kappa shape index (κ2) is 18.4. The molecule has 2 aromatic carbocycles. The summed E-state index contributed by atoms with van der Waals surface area (Å²) in [7, 11) is 0. The Kier molecular flexibility index (Phi) is 14.9. The van der Waals surface area contributed by atoms with Crippen molar-refractivity contribution in [3.63, 3.8) is 0 Å². The van der Waals surface area contributed by atoms with Gasteiger partial charge in [-0.25, -0.2) is 0 Å². The van der Waals surface area contributed by atoms with Gasteiger partial charge in [0.15, 0.2) is 11.6 Å². The fourth-order valence-electron chi connectivity index (χ4n) is 6.08. The molecule has 9 nitrogen and oxygen atoms in total. The summed E-state index contributed by atoms with van der Waals surface area (Å²) < 4.78 is 11.0. The summed E-state index contributed by atoms with van der Waals surface area (Å²) >= 11 is 0. The van der Waals surface area contributed by atoms with Crippen molar-refractivity contribution in [1.82, 2.24) is 10.6 Å². The highest BCUT2D eigenvalue weighted by atomic mass is 16.6. The van der Waals surface area contributed by atoms with Crippen molar-refractivity contribution in [2.45, 2.75) is 124 Å². The van der Waals surface area contributed by atoms with Gasteiger partial charge in [-0.05, 0) is 82.8 Å². The van der Waals surface area contributed by atoms with Crippen LogP contribution in [0.3, 0.4) is 0 Å². The number of nitrogens with one attached hydrogen (secondary N) is 2. The molecule has 2 aromatic rings. The van der Waals surface area contributed by atoms with E-state index >= 15 is 0 Å². The summed E-state index contributed by atoms with van der Waals surface area (Å²) in [4.78, 5) is 68.2. The molecule has 274 valence electrons. The molecule has 2 N–H and O–H groups in total. The predicted molar refractivity (Wildman–Crippen MR) is 194 cm³/mol. The Morgan fingerprint density at radius 2 is 1.26 bits per heavy atom. The molecule has 0 bridgehead atoms. The molecule has 0 aliphatic carbocycles. The lowest BCUT2D eigenvalue weighted by atomic mass is 9.87. The number of amides is 2. The number of rotatable bonds is 20. The molecule has 1 aliphatic heterocycles. The van der Waals surface area contributed by atoms with E-state index in [1.165, 1.54) is 0 Å². The average molecular weight is 691 g/mol. The third-order valence-electron chi connectivity index (χ3n) is 8.82. The van der Waals surface area contributed by atoms with Crippen molar-refractivity contribution in [2.75, 3.05) is 6.61 Å². The molecule has 1 saturated heterocycles. The highest BCUT2D eigenvalue weighted by Crippen LogP contribution is 2.30. The minimum absolute atomic E-state index is 0.0617. The smallest absolute Gasteiger partial charge is 0.307 e. The normalized spacial score (nSPS) is 18.1. The van der Waals surface area contributed by atoms with Crippen LogP contribution in [0.15, 0.2) is 60.7 Å². The van der Waals surface area contributed by atoms with Crippen LogP contribution in [-0.2, 0) is 46.3 Å². The molecule has 5 atom stereocenters. The van der Waals surface area contributed by atoms with E-state index in [-0.39, 0.29) is 48.6 Å². The van der Waals surface area contributed by atoms with E-state index < -0.39 is 47.0 Å². The fourth-order valence-corrected chi connectivity index (χ4v) is 6.08. The topological polar surface area (TPSA) is 131 Å². The first kappa shape index (κ1) is 40.6.